The standard InChI is InChI=1S/C16H19F2NO3S/c17-16(18)23-11-8-6-10(7-9-11)14(20)19-13-5-3-1-2-4-12(13)15(21)22/h6-9,12-13,16H,1-5H2,(H,19,20)(H,21,22)/t12-,13+/m1/s1. The van der Waals surface area contributed by atoms with Crippen molar-refractivity contribution in [3.05, 3.63) is 29.8 Å². The Morgan fingerprint density at radius 3 is 2.39 bits per heavy atom. The van der Waals surface area contributed by atoms with Crippen molar-refractivity contribution in [2.75, 3.05) is 0 Å². The highest BCUT2D eigenvalue weighted by molar-refractivity contribution is 7.99. The van der Waals surface area contributed by atoms with Crippen LogP contribution < -0.4 is 5.32 Å². The number of aliphatic carboxylic acids is 1. The predicted molar refractivity (Wildman–Crippen MR) is 83.8 cm³/mol. The van der Waals surface area contributed by atoms with Gasteiger partial charge >= 0.3 is 5.97 Å². The van der Waals surface area contributed by atoms with Crippen molar-refractivity contribution in [3.8, 4) is 0 Å². The zero-order chi connectivity index (χ0) is 16.8. The summed E-state index contributed by atoms with van der Waals surface area (Å²) in [5, 5.41) is 12.1. The first-order chi connectivity index (χ1) is 11.0. The van der Waals surface area contributed by atoms with Crippen LogP contribution in [0, 0.1) is 5.92 Å². The molecule has 4 nitrogen and oxygen atoms in total. The molecule has 126 valence electrons. The Bertz CT molecular complexity index is 551. The molecule has 23 heavy (non-hydrogen) atoms. The topological polar surface area (TPSA) is 66.4 Å². The van der Waals surface area contributed by atoms with Crippen LogP contribution in [0.4, 0.5) is 8.78 Å². The zero-order valence-electron chi connectivity index (χ0n) is 12.5. The summed E-state index contributed by atoms with van der Waals surface area (Å²) in [6.07, 6.45) is 3.91. The lowest BCUT2D eigenvalue weighted by atomic mass is 9.94. The Balaban J connectivity index is 2.03. The molecule has 0 heterocycles. The van der Waals surface area contributed by atoms with Crippen LogP contribution >= 0.6 is 11.8 Å². The maximum absolute atomic E-state index is 12.3. The molecule has 7 heteroatoms. The highest BCUT2D eigenvalue weighted by Gasteiger charge is 2.30. The fourth-order valence-electron chi connectivity index (χ4n) is 2.82. The molecule has 0 aliphatic heterocycles. The third-order valence-electron chi connectivity index (χ3n) is 3.99. The van der Waals surface area contributed by atoms with Gasteiger partial charge in [0, 0.05) is 16.5 Å². The Kier molecular flexibility index (Phi) is 6.38. The molecule has 0 spiro atoms. The predicted octanol–water partition coefficient (Wildman–Crippen LogP) is 3.76. The summed E-state index contributed by atoms with van der Waals surface area (Å²) in [6, 6.07) is 5.50. The lowest BCUT2D eigenvalue weighted by Gasteiger charge is -2.22. The van der Waals surface area contributed by atoms with Crippen molar-refractivity contribution in [1.29, 1.82) is 0 Å². The smallest absolute Gasteiger partial charge is 0.308 e. The van der Waals surface area contributed by atoms with E-state index in [1.807, 2.05) is 0 Å². The van der Waals surface area contributed by atoms with E-state index in [4.69, 9.17) is 0 Å². The van der Waals surface area contributed by atoms with Gasteiger partial charge in [0.15, 0.2) is 0 Å². The molecular formula is C16H19F2NO3S. The van der Waals surface area contributed by atoms with Crippen LogP contribution in [0.25, 0.3) is 0 Å². The maximum Gasteiger partial charge on any atom is 0.308 e. The number of hydrogen-bond donors (Lipinski definition) is 2. The van der Waals surface area contributed by atoms with Gasteiger partial charge < -0.3 is 10.4 Å². The largest absolute Gasteiger partial charge is 0.481 e. The summed E-state index contributed by atoms with van der Waals surface area (Å²) in [6.45, 7) is 0. The SMILES string of the molecule is O=C(N[C@H]1CCCCC[C@H]1C(=O)O)c1ccc(SC(F)F)cc1. The summed E-state index contributed by atoms with van der Waals surface area (Å²) in [4.78, 5) is 24.0. The minimum atomic E-state index is -2.50. The van der Waals surface area contributed by atoms with Crippen LogP contribution in [0.2, 0.25) is 0 Å². The number of carboxylic acid groups (broad SMARTS) is 1. The number of carbonyl (C=O) groups excluding carboxylic acids is 1. The number of alkyl halides is 2. The molecule has 0 bridgehead atoms. The fraction of sp³-hybridized carbons (Fsp3) is 0.500. The molecular weight excluding hydrogens is 324 g/mol. The van der Waals surface area contributed by atoms with E-state index in [0.29, 0.717) is 35.1 Å². The average Bonchev–Trinajstić information content (AvgIpc) is 2.72. The molecule has 1 aliphatic rings. The molecule has 2 atom stereocenters. The summed E-state index contributed by atoms with van der Waals surface area (Å²) in [7, 11) is 0. The normalized spacial score (nSPS) is 21.7. The van der Waals surface area contributed by atoms with Crippen LogP contribution in [0.15, 0.2) is 29.2 Å². The van der Waals surface area contributed by atoms with E-state index >= 15 is 0 Å². The van der Waals surface area contributed by atoms with Gasteiger partial charge in [-0.25, -0.2) is 0 Å². The molecule has 0 unspecified atom stereocenters. The van der Waals surface area contributed by atoms with Crippen LogP contribution in [0.3, 0.4) is 0 Å². The first kappa shape index (κ1) is 17.7. The van der Waals surface area contributed by atoms with E-state index in [-0.39, 0.29) is 5.91 Å². The van der Waals surface area contributed by atoms with Crippen LogP contribution in [-0.2, 0) is 4.79 Å². The monoisotopic (exact) mass is 343 g/mol. The zero-order valence-corrected chi connectivity index (χ0v) is 13.3. The van der Waals surface area contributed by atoms with Gasteiger partial charge in [0.25, 0.3) is 11.7 Å². The molecule has 0 saturated heterocycles. The number of rotatable bonds is 5. The van der Waals surface area contributed by atoms with Crippen LogP contribution in [-0.4, -0.2) is 28.8 Å². The van der Waals surface area contributed by atoms with E-state index in [0.717, 1.165) is 19.3 Å². The summed E-state index contributed by atoms with van der Waals surface area (Å²) in [5.74, 6) is -4.33. The number of carboxylic acids is 1. The third kappa shape index (κ3) is 5.20. The summed E-state index contributed by atoms with van der Waals surface area (Å²) in [5.41, 5.74) is 0.344. The Hall–Kier alpha value is -1.63. The van der Waals surface area contributed by atoms with Gasteiger partial charge in [0.05, 0.1) is 5.92 Å². The van der Waals surface area contributed by atoms with Crippen molar-refractivity contribution in [1.82, 2.24) is 5.32 Å². The molecule has 1 fully saturated rings. The van der Waals surface area contributed by atoms with E-state index in [2.05, 4.69) is 5.32 Å². The maximum atomic E-state index is 12.3. The minimum absolute atomic E-state index is 0.344. The van der Waals surface area contributed by atoms with Gasteiger partial charge in [-0.1, -0.05) is 31.0 Å². The lowest BCUT2D eigenvalue weighted by Crippen LogP contribution is -2.42. The highest BCUT2D eigenvalue weighted by atomic mass is 32.2. The Morgan fingerprint density at radius 1 is 1.13 bits per heavy atom. The molecule has 1 aromatic rings. The van der Waals surface area contributed by atoms with E-state index in [1.165, 1.54) is 24.3 Å². The number of nitrogens with one attached hydrogen (secondary N) is 1. The summed E-state index contributed by atoms with van der Waals surface area (Å²) >= 11 is 0.419. The van der Waals surface area contributed by atoms with Crippen molar-refractivity contribution in [2.45, 2.75) is 48.8 Å². The van der Waals surface area contributed by atoms with Crippen molar-refractivity contribution < 1.29 is 23.5 Å². The number of amides is 1. The molecule has 1 amide bonds. The second kappa shape index (κ2) is 8.29. The lowest BCUT2D eigenvalue weighted by molar-refractivity contribution is -0.142. The van der Waals surface area contributed by atoms with Crippen LogP contribution in [0.5, 0.6) is 0 Å². The second-order valence-electron chi connectivity index (χ2n) is 5.57. The molecule has 1 saturated carbocycles. The fourth-order valence-corrected chi connectivity index (χ4v) is 3.31. The molecule has 1 aliphatic carbocycles. The van der Waals surface area contributed by atoms with Gasteiger partial charge in [-0.2, -0.15) is 8.78 Å². The molecule has 1 aromatic carbocycles. The van der Waals surface area contributed by atoms with Crippen molar-refractivity contribution in [2.24, 2.45) is 5.92 Å². The number of benzene rings is 1. The highest BCUT2D eigenvalue weighted by Crippen LogP contribution is 2.26. The molecule has 0 aromatic heterocycles. The number of thioether (sulfide) groups is 1. The second-order valence-corrected chi connectivity index (χ2v) is 6.63. The summed E-state index contributed by atoms with van der Waals surface area (Å²) < 4.78 is 24.5. The van der Waals surface area contributed by atoms with E-state index in [1.54, 1.807) is 0 Å². The van der Waals surface area contributed by atoms with Crippen molar-refractivity contribution in [3.63, 3.8) is 0 Å². The minimum Gasteiger partial charge on any atom is -0.481 e. The molecule has 2 N–H and O–H groups in total. The number of halogens is 2. The van der Waals surface area contributed by atoms with Gasteiger partial charge in [0.2, 0.25) is 0 Å². The number of carbonyl (C=O) groups is 2. The van der Waals surface area contributed by atoms with Gasteiger partial charge in [-0.05, 0) is 37.1 Å². The van der Waals surface area contributed by atoms with Crippen LogP contribution in [0.1, 0.15) is 42.5 Å². The third-order valence-corrected chi connectivity index (χ3v) is 4.71. The van der Waals surface area contributed by atoms with Crippen molar-refractivity contribution >= 4 is 23.6 Å². The van der Waals surface area contributed by atoms with Gasteiger partial charge in [-0.15, -0.1) is 0 Å². The first-order valence-electron chi connectivity index (χ1n) is 7.56. The average molecular weight is 343 g/mol. The van der Waals surface area contributed by atoms with Gasteiger partial charge in [0.1, 0.15) is 0 Å². The van der Waals surface area contributed by atoms with E-state index < -0.39 is 23.7 Å². The molecule has 2 rings (SSSR count). The number of hydrogen-bond acceptors (Lipinski definition) is 3. The quantitative estimate of drug-likeness (QED) is 0.631. The first-order valence-corrected chi connectivity index (χ1v) is 8.44. The van der Waals surface area contributed by atoms with E-state index in [9.17, 15) is 23.5 Å². The Morgan fingerprint density at radius 2 is 1.78 bits per heavy atom. The molecule has 0 radical (unpaired) electrons. The Labute approximate surface area is 137 Å². The van der Waals surface area contributed by atoms with Gasteiger partial charge in [-0.3, -0.25) is 9.59 Å².